The van der Waals surface area contributed by atoms with E-state index >= 15 is 0 Å². The quantitative estimate of drug-likeness (QED) is 0.0591. The number of anilines is 2. The molecule has 2 aromatic heterocycles. The number of furan rings is 2. The molecule has 2 aromatic carbocycles. The van der Waals surface area contributed by atoms with Gasteiger partial charge in [-0.25, -0.2) is 23.4 Å². The Kier molecular flexibility index (Phi) is 11.9. The summed E-state index contributed by atoms with van der Waals surface area (Å²) in [5.74, 6) is -0.574. The number of carbonyl (C=O) groups excluding carboxylic acids is 3. The molecule has 16 nitrogen and oxygen atoms in total. The number of hydrogen-bond donors (Lipinski definition) is 5. The van der Waals surface area contributed by atoms with Gasteiger partial charge in [0.05, 0.1) is 11.1 Å². The number of halogens is 1. The third kappa shape index (κ3) is 8.39. The fourth-order valence-electron chi connectivity index (χ4n) is 9.55. The van der Waals surface area contributed by atoms with Crippen LogP contribution in [0.1, 0.15) is 152 Å². The highest BCUT2D eigenvalue weighted by Gasteiger charge is 2.42. The van der Waals surface area contributed by atoms with Crippen LogP contribution in [0.3, 0.4) is 0 Å². The molecular weight excluding hydrogens is 868 g/mol. The average molecular weight is 922 g/mol. The number of rotatable bonds is 10. The van der Waals surface area contributed by atoms with Crippen LogP contribution in [0, 0.1) is 5.82 Å². The van der Waals surface area contributed by atoms with Crippen molar-refractivity contribution in [3.05, 3.63) is 92.2 Å². The number of amides is 5. The van der Waals surface area contributed by atoms with Gasteiger partial charge in [0.25, 0.3) is 26.0 Å². The van der Waals surface area contributed by atoms with Crippen LogP contribution in [-0.4, -0.2) is 67.9 Å². The standard InChI is InChI=1S/C45H53FN6O10S2/c1-23(2)30-19-27(46)20-31(24(3)4)42(30)48-45(55)50-63(57,58)39-21-33-35(12-8-13-37(33)61-39)52(56)36-16-15-29-32(36)18-26-10-7-11-28(26)41(29)47-44(54)49-64(59,60)40-22-34-38(62-40)14-9-17-51(25(5)6)43(34)53/h18-25,36H,7-17H2,1-6H3,(H4-,47,48,49,50,54,55,56)/p+1/b52-35-. The van der Waals surface area contributed by atoms with Gasteiger partial charge in [-0.3, -0.25) is 10.0 Å². The number of benzene rings is 2. The molecule has 8 rings (SSSR count). The van der Waals surface area contributed by atoms with Gasteiger partial charge >= 0.3 is 12.1 Å². The van der Waals surface area contributed by atoms with Crippen LogP contribution in [0.25, 0.3) is 0 Å². The third-order valence-corrected chi connectivity index (χ3v) is 15.0. The Labute approximate surface area is 371 Å². The van der Waals surface area contributed by atoms with E-state index in [1.54, 1.807) is 4.90 Å². The molecule has 4 aliphatic rings. The summed E-state index contributed by atoms with van der Waals surface area (Å²) in [4.78, 5) is 41.7. The molecule has 3 heterocycles. The highest BCUT2D eigenvalue weighted by atomic mass is 32.2. The van der Waals surface area contributed by atoms with Gasteiger partial charge in [0.2, 0.25) is 21.9 Å². The molecule has 1 atom stereocenters. The summed E-state index contributed by atoms with van der Waals surface area (Å²) in [6, 6.07) is 4.37. The van der Waals surface area contributed by atoms with Crippen molar-refractivity contribution in [2.75, 3.05) is 17.2 Å². The molecule has 64 heavy (non-hydrogen) atoms. The molecule has 5 amide bonds. The van der Waals surface area contributed by atoms with Gasteiger partial charge in [0.15, 0.2) is 0 Å². The smallest absolute Gasteiger partial charge is 0.333 e. The molecule has 5 N–H and O–H groups in total. The number of nitrogens with zero attached hydrogens (tertiary/aromatic N) is 2. The summed E-state index contributed by atoms with van der Waals surface area (Å²) in [6.07, 6.45) is 5.29. The number of urea groups is 2. The van der Waals surface area contributed by atoms with Gasteiger partial charge in [-0.15, -0.1) is 0 Å². The number of aryl methyl sites for hydroxylation is 3. The number of hydroxylamine groups is 1. The van der Waals surface area contributed by atoms with Gasteiger partial charge in [-0.1, -0.05) is 27.7 Å². The molecule has 0 spiro atoms. The van der Waals surface area contributed by atoms with Gasteiger partial charge in [0.1, 0.15) is 17.3 Å². The Balaban J connectivity index is 1.03. The first-order valence-corrected chi connectivity index (χ1v) is 24.8. The van der Waals surface area contributed by atoms with Crippen LogP contribution in [0.2, 0.25) is 0 Å². The van der Waals surface area contributed by atoms with E-state index in [0.717, 1.165) is 33.4 Å². The van der Waals surface area contributed by atoms with Crippen molar-refractivity contribution in [3.8, 4) is 0 Å². The topological polar surface area (TPSA) is 220 Å². The molecule has 4 aromatic rings. The molecule has 1 aliphatic heterocycles. The van der Waals surface area contributed by atoms with Crippen molar-refractivity contribution >= 4 is 55.1 Å². The lowest BCUT2D eigenvalue weighted by Gasteiger charge is -2.24. The van der Waals surface area contributed by atoms with Crippen molar-refractivity contribution in [3.63, 3.8) is 0 Å². The predicted molar refractivity (Wildman–Crippen MR) is 234 cm³/mol. The fraction of sp³-hybridized carbons (Fsp3) is 0.467. The summed E-state index contributed by atoms with van der Waals surface area (Å²) < 4.78 is 85.5. The summed E-state index contributed by atoms with van der Waals surface area (Å²) in [5.41, 5.74) is 6.11. The lowest BCUT2D eigenvalue weighted by atomic mass is 9.92. The Morgan fingerprint density at radius 2 is 1.30 bits per heavy atom. The Hall–Kier alpha value is -5.69. The Morgan fingerprint density at radius 1 is 0.734 bits per heavy atom. The first-order chi connectivity index (χ1) is 30.2. The summed E-state index contributed by atoms with van der Waals surface area (Å²) in [7, 11) is -9.08. The van der Waals surface area contributed by atoms with Crippen molar-refractivity contribution in [2.24, 2.45) is 0 Å². The van der Waals surface area contributed by atoms with Crippen molar-refractivity contribution < 1.29 is 54.4 Å². The zero-order valence-electron chi connectivity index (χ0n) is 36.7. The number of fused-ring (bicyclic) bond motifs is 4. The summed E-state index contributed by atoms with van der Waals surface area (Å²) in [5, 5.41) is 16.4. The minimum Gasteiger partial charge on any atom is -0.447 e. The molecule has 0 fully saturated rings. The number of hydrogen-bond acceptors (Lipinski definition) is 10. The maximum Gasteiger partial charge on any atom is 0.333 e. The van der Waals surface area contributed by atoms with Crippen LogP contribution in [0.15, 0.2) is 49.4 Å². The zero-order valence-corrected chi connectivity index (χ0v) is 38.3. The minimum absolute atomic E-state index is 0.0946. The molecule has 0 saturated heterocycles. The van der Waals surface area contributed by atoms with Gasteiger partial charge in [-0.2, -0.15) is 16.8 Å². The summed E-state index contributed by atoms with van der Waals surface area (Å²) >= 11 is 0. The first-order valence-electron chi connectivity index (χ1n) is 21.8. The maximum absolute atomic E-state index is 14.5. The predicted octanol–water partition coefficient (Wildman–Crippen LogP) is 7.78. The van der Waals surface area contributed by atoms with E-state index in [4.69, 9.17) is 8.83 Å². The van der Waals surface area contributed by atoms with Crippen LogP contribution in [0.5, 0.6) is 0 Å². The van der Waals surface area contributed by atoms with Crippen molar-refractivity contribution in [1.82, 2.24) is 14.3 Å². The second kappa shape index (κ2) is 17.0. The lowest BCUT2D eigenvalue weighted by molar-refractivity contribution is -0.805. The van der Waals surface area contributed by atoms with Crippen LogP contribution >= 0.6 is 0 Å². The Morgan fingerprint density at radius 3 is 1.91 bits per heavy atom. The van der Waals surface area contributed by atoms with Crippen LogP contribution in [0.4, 0.5) is 25.4 Å². The van der Waals surface area contributed by atoms with E-state index in [1.165, 1.54) is 24.3 Å². The normalized spacial score (nSPS) is 18.1. The van der Waals surface area contributed by atoms with E-state index in [2.05, 4.69) is 15.4 Å². The highest BCUT2D eigenvalue weighted by Crippen LogP contribution is 2.44. The largest absolute Gasteiger partial charge is 0.447 e. The zero-order chi connectivity index (χ0) is 46.0. The monoisotopic (exact) mass is 921 g/mol. The van der Waals surface area contributed by atoms with E-state index in [9.17, 15) is 40.8 Å². The lowest BCUT2D eigenvalue weighted by Crippen LogP contribution is -2.37. The molecule has 3 aliphatic carbocycles. The molecule has 19 heteroatoms. The minimum atomic E-state index is -4.56. The fourth-order valence-corrected chi connectivity index (χ4v) is 11.3. The second-order valence-electron chi connectivity index (χ2n) is 17.9. The molecule has 0 saturated carbocycles. The third-order valence-electron chi connectivity index (χ3n) is 12.6. The SMILES string of the molecule is CC(C)c1cc(F)cc(C(C)C)c1NC(=O)NS(=O)(=O)c1cc2c(o1)CCC/C2=[N+](/O)C1CCc2c1cc1c(c2NC(=O)NS(=O)(=O)c2cc3c(o2)CCCN(C(C)C)C3=O)CCC1. The van der Waals surface area contributed by atoms with E-state index in [-0.39, 0.29) is 35.1 Å². The highest BCUT2D eigenvalue weighted by molar-refractivity contribution is 7.90. The van der Waals surface area contributed by atoms with E-state index in [1.807, 2.05) is 52.3 Å². The maximum atomic E-state index is 14.5. The Bertz CT molecular complexity index is 2810. The number of nitrogens with one attached hydrogen (secondary N) is 4. The van der Waals surface area contributed by atoms with Crippen molar-refractivity contribution in [2.45, 2.75) is 140 Å². The van der Waals surface area contributed by atoms with Gasteiger partial charge in [-0.05, 0) is 115 Å². The number of sulfonamides is 2. The van der Waals surface area contributed by atoms with E-state index < -0.39 is 54.2 Å². The summed E-state index contributed by atoms with van der Waals surface area (Å²) in [6.45, 7) is 11.6. The second-order valence-corrected chi connectivity index (χ2v) is 21.1. The van der Waals surface area contributed by atoms with Gasteiger partial charge < -0.3 is 24.4 Å². The molecule has 0 radical (unpaired) electrons. The van der Waals surface area contributed by atoms with Crippen LogP contribution < -0.4 is 20.1 Å². The average Bonchev–Trinajstić information content (AvgIpc) is 4.03. The van der Waals surface area contributed by atoms with Gasteiger partial charge in [0, 0.05) is 67.3 Å². The van der Waals surface area contributed by atoms with Crippen LogP contribution in [-0.2, 0) is 52.2 Å². The molecule has 0 bridgehead atoms. The number of carbonyl (C=O) groups is 3. The van der Waals surface area contributed by atoms with Crippen molar-refractivity contribution in [1.29, 1.82) is 0 Å². The van der Waals surface area contributed by atoms with E-state index in [0.29, 0.717) is 104 Å². The molecule has 1 unspecified atom stereocenters. The molecular formula is C45H54FN6O10S2+. The molecule has 342 valence electrons. The first kappa shape index (κ1) is 44.9.